The van der Waals surface area contributed by atoms with E-state index in [9.17, 15) is 0 Å². The summed E-state index contributed by atoms with van der Waals surface area (Å²) < 4.78 is 0. The molecule has 152 valence electrons. The smallest absolute Gasteiger partial charge is 0.0717 e. The van der Waals surface area contributed by atoms with Gasteiger partial charge in [0.25, 0.3) is 0 Å². The summed E-state index contributed by atoms with van der Waals surface area (Å²) in [5.74, 6) is 7.86. The third-order valence-electron chi connectivity index (χ3n) is 4.40. The van der Waals surface area contributed by atoms with Gasteiger partial charge in [0.1, 0.15) is 0 Å². The maximum absolute atomic E-state index is 4.46. The van der Waals surface area contributed by atoms with Crippen LogP contribution in [0.25, 0.3) is 0 Å². The van der Waals surface area contributed by atoms with Crippen LogP contribution in [0.15, 0.2) is 4.99 Å². The average Bonchev–Trinajstić information content (AvgIpc) is 2.59. The molecule has 0 amide bonds. The van der Waals surface area contributed by atoms with Crippen LogP contribution in [0.5, 0.6) is 0 Å². The number of thioether (sulfide) groups is 1. The molecule has 0 heterocycles. The fraction of sp³-hybridized carbons (Fsp3) is 0.875. The van der Waals surface area contributed by atoms with E-state index in [-0.39, 0.29) is 5.54 Å². The minimum Gasteiger partial charge on any atom is -0.278 e. The molecular weight excluding hydrogens is 334 g/mol. The van der Waals surface area contributed by atoms with Crippen molar-refractivity contribution in [1.29, 1.82) is 0 Å². The highest BCUT2D eigenvalue weighted by atomic mass is 32.2. The molecule has 0 aliphatic heterocycles. The Hall–Kier alpha value is -0.420. The first-order valence-corrected chi connectivity index (χ1v) is 12.2. The minimum atomic E-state index is -0.0171. The first kappa shape index (κ1) is 25.6. The molecule has 0 aromatic rings. The summed E-state index contributed by atoms with van der Waals surface area (Å²) >= 11 is 2.06. The van der Waals surface area contributed by atoms with E-state index in [4.69, 9.17) is 0 Å². The van der Waals surface area contributed by atoms with Gasteiger partial charge in [-0.3, -0.25) is 4.99 Å². The van der Waals surface area contributed by atoms with Crippen molar-refractivity contribution in [3.05, 3.63) is 0 Å². The van der Waals surface area contributed by atoms with E-state index in [0.717, 1.165) is 0 Å². The second kappa shape index (κ2) is 18.0. The summed E-state index contributed by atoms with van der Waals surface area (Å²) in [4.78, 5) is 4.46. The normalized spacial score (nSPS) is 13.0. The van der Waals surface area contributed by atoms with Crippen molar-refractivity contribution < 1.29 is 0 Å². The summed E-state index contributed by atoms with van der Waals surface area (Å²) in [5.41, 5.74) is -0.0171. The molecule has 26 heavy (non-hydrogen) atoms. The van der Waals surface area contributed by atoms with E-state index in [0.29, 0.717) is 5.25 Å². The van der Waals surface area contributed by atoms with Crippen molar-refractivity contribution >= 4 is 18.0 Å². The summed E-state index contributed by atoms with van der Waals surface area (Å²) in [6.07, 6.45) is 19.7. The first-order chi connectivity index (χ1) is 12.5. The molecule has 0 saturated heterocycles. The molecule has 0 N–H and O–H groups in total. The maximum atomic E-state index is 4.46. The molecule has 0 aromatic carbocycles. The van der Waals surface area contributed by atoms with Gasteiger partial charge in [0, 0.05) is 0 Å². The van der Waals surface area contributed by atoms with Gasteiger partial charge in [0.2, 0.25) is 0 Å². The average molecular weight is 380 g/mol. The SMILES string of the molecule is CCCCCCCCCCCCSC(C#CC=NC(C)(C)C)CCCC. The number of unbranched alkanes of at least 4 members (excludes halogenated alkanes) is 10. The monoisotopic (exact) mass is 379 g/mol. The van der Waals surface area contributed by atoms with Crippen molar-refractivity contribution in [3.8, 4) is 11.8 Å². The zero-order chi connectivity index (χ0) is 19.5. The second-order valence-corrected chi connectivity index (χ2v) is 9.71. The topological polar surface area (TPSA) is 12.4 Å². The van der Waals surface area contributed by atoms with E-state index in [1.54, 1.807) is 6.21 Å². The van der Waals surface area contributed by atoms with Gasteiger partial charge in [-0.15, -0.1) is 11.8 Å². The van der Waals surface area contributed by atoms with E-state index >= 15 is 0 Å². The molecule has 0 bridgehead atoms. The lowest BCUT2D eigenvalue weighted by Crippen LogP contribution is -2.09. The Kier molecular flexibility index (Phi) is 17.7. The maximum Gasteiger partial charge on any atom is 0.0717 e. The quantitative estimate of drug-likeness (QED) is 0.159. The summed E-state index contributed by atoms with van der Waals surface area (Å²) in [6.45, 7) is 10.9. The molecule has 0 aliphatic carbocycles. The van der Waals surface area contributed by atoms with E-state index in [1.807, 2.05) is 0 Å². The number of nitrogens with zero attached hydrogens (tertiary/aromatic N) is 1. The molecule has 0 aromatic heterocycles. The van der Waals surface area contributed by atoms with Crippen LogP contribution in [0, 0.1) is 11.8 Å². The highest BCUT2D eigenvalue weighted by molar-refractivity contribution is 8.00. The van der Waals surface area contributed by atoms with Crippen molar-refractivity contribution in [2.45, 2.75) is 129 Å². The molecule has 0 radical (unpaired) electrons. The Bertz CT molecular complexity index is 383. The lowest BCUT2D eigenvalue weighted by Gasteiger charge is -2.10. The summed E-state index contributed by atoms with van der Waals surface area (Å²) in [5, 5.41) is 0.486. The number of hydrogen-bond acceptors (Lipinski definition) is 2. The Balaban J connectivity index is 3.81. The molecule has 0 spiro atoms. The zero-order valence-corrected chi connectivity index (χ0v) is 19.2. The van der Waals surface area contributed by atoms with Gasteiger partial charge in [-0.05, 0) is 39.4 Å². The minimum absolute atomic E-state index is 0.0171. The standard InChI is InChI=1S/C24H45NS/c1-6-8-10-11-12-13-14-15-16-17-22-26-23(19-9-7-2)20-18-21-25-24(3,4)5/h21,23H,6-17,19,22H2,1-5H3. The van der Waals surface area contributed by atoms with Gasteiger partial charge in [-0.1, -0.05) is 96.3 Å². The Morgan fingerprint density at radius 1 is 0.808 bits per heavy atom. The molecule has 0 rings (SSSR count). The van der Waals surface area contributed by atoms with Crippen LogP contribution in [0.2, 0.25) is 0 Å². The highest BCUT2D eigenvalue weighted by Crippen LogP contribution is 2.19. The zero-order valence-electron chi connectivity index (χ0n) is 18.4. The van der Waals surface area contributed by atoms with Crippen LogP contribution < -0.4 is 0 Å². The Morgan fingerprint density at radius 3 is 1.88 bits per heavy atom. The van der Waals surface area contributed by atoms with Crippen molar-refractivity contribution in [1.82, 2.24) is 0 Å². The number of aliphatic imine (C=N–C) groups is 1. The fourth-order valence-electron chi connectivity index (χ4n) is 2.76. The van der Waals surface area contributed by atoms with Crippen molar-refractivity contribution in [2.24, 2.45) is 4.99 Å². The Labute approximate surface area is 169 Å². The predicted octanol–water partition coefficient (Wildman–Crippen LogP) is 8.07. The van der Waals surface area contributed by atoms with Gasteiger partial charge >= 0.3 is 0 Å². The van der Waals surface area contributed by atoms with E-state index in [1.165, 1.54) is 89.2 Å². The van der Waals surface area contributed by atoms with E-state index in [2.05, 4.69) is 63.2 Å². The van der Waals surface area contributed by atoms with Crippen LogP contribution in [-0.2, 0) is 0 Å². The van der Waals surface area contributed by atoms with Crippen LogP contribution >= 0.6 is 11.8 Å². The molecule has 0 fully saturated rings. The Morgan fingerprint density at radius 2 is 1.35 bits per heavy atom. The molecule has 1 unspecified atom stereocenters. The largest absolute Gasteiger partial charge is 0.278 e. The summed E-state index contributed by atoms with van der Waals surface area (Å²) in [7, 11) is 0. The van der Waals surface area contributed by atoms with Crippen LogP contribution in [0.4, 0.5) is 0 Å². The van der Waals surface area contributed by atoms with Crippen LogP contribution in [0.1, 0.15) is 118 Å². The second-order valence-electron chi connectivity index (χ2n) is 8.40. The number of hydrogen-bond donors (Lipinski definition) is 0. The van der Waals surface area contributed by atoms with Crippen LogP contribution in [-0.4, -0.2) is 22.8 Å². The molecular formula is C24H45NS. The molecule has 2 heteroatoms. The highest BCUT2D eigenvalue weighted by Gasteiger charge is 2.06. The summed E-state index contributed by atoms with van der Waals surface area (Å²) in [6, 6.07) is 0. The van der Waals surface area contributed by atoms with Gasteiger partial charge < -0.3 is 0 Å². The van der Waals surface area contributed by atoms with Crippen LogP contribution in [0.3, 0.4) is 0 Å². The van der Waals surface area contributed by atoms with Crippen molar-refractivity contribution in [3.63, 3.8) is 0 Å². The van der Waals surface area contributed by atoms with Gasteiger partial charge in [-0.25, -0.2) is 0 Å². The molecule has 1 atom stereocenters. The third kappa shape index (κ3) is 19.9. The predicted molar refractivity (Wildman–Crippen MR) is 124 cm³/mol. The molecule has 0 aliphatic rings. The lowest BCUT2D eigenvalue weighted by atomic mass is 10.1. The van der Waals surface area contributed by atoms with Gasteiger partial charge in [0.15, 0.2) is 0 Å². The molecule has 1 nitrogen and oxygen atoms in total. The lowest BCUT2D eigenvalue weighted by molar-refractivity contribution is 0.563. The van der Waals surface area contributed by atoms with E-state index < -0.39 is 0 Å². The van der Waals surface area contributed by atoms with Gasteiger partial charge in [-0.2, -0.15) is 0 Å². The number of rotatable bonds is 15. The molecule has 0 saturated carbocycles. The van der Waals surface area contributed by atoms with Gasteiger partial charge in [0.05, 0.1) is 17.0 Å². The van der Waals surface area contributed by atoms with Crippen molar-refractivity contribution in [2.75, 3.05) is 5.75 Å². The fourth-order valence-corrected chi connectivity index (χ4v) is 3.90. The third-order valence-corrected chi connectivity index (χ3v) is 5.68. The first-order valence-electron chi connectivity index (χ1n) is 11.2.